The Balaban J connectivity index is 1.75. The van der Waals surface area contributed by atoms with E-state index in [1.54, 1.807) is 13.0 Å². The van der Waals surface area contributed by atoms with Crippen molar-refractivity contribution in [2.45, 2.75) is 39.2 Å². The predicted octanol–water partition coefficient (Wildman–Crippen LogP) is 2.47. The van der Waals surface area contributed by atoms with Crippen LogP contribution < -0.4 is 10.6 Å². The first-order valence-electron chi connectivity index (χ1n) is 10.0. The number of ether oxygens (including phenoxy) is 1. The minimum Gasteiger partial charge on any atom is -0.463 e. The fourth-order valence-corrected chi connectivity index (χ4v) is 3.52. The molecule has 0 radical (unpaired) electrons. The lowest BCUT2D eigenvalue weighted by molar-refractivity contribution is -0.137. The first-order valence-corrected chi connectivity index (χ1v) is 10.0. The molecule has 0 saturated carbocycles. The van der Waals surface area contributed by atoms with Gasteiger partial charge in [-0.05, 0) is 49.9 Å². The Morgan fingerprint density at radius 3 is 2.83 bits per heavy atom. The predicted molar refractivity (Wildman–Crippen MR) is 110 cm³/mol. The summed E-state index contributed by atoms with van der Waals surface area (Å²) >= 11 is 0. The standard InChI is InChI=1S/C22H27N3O4/c1-3-14-5-7-18-16(11-14)13-19(25-18)22(28)24-17(6-8-20(26)29-4-2)12-15-9-10-23-21(15)27/h5-8,11,13,15,17,25H,3-4,9-10,12H2,1-2H3,(H,23,27)(H,24,28)/b8-6+/t15-,17+/m0/s1. The van der Waals surface area contributed by atoms with Crippen LogP contribution in [0.4, 0.5) is 0 Å². The number of amides is 2. The Morgan fingerprint density at radius 2 is 2.14 bits per heavy atom. The Labute approximate surface area is 169 Å². The van der Waals surface area contributed by atoms with Gasteiger partial charge in [-0.2, -0.15) is 0 Å². The SMILES string of the molecule is CCOC(=O)/C=C/[C@H](C[C@@H]1CCNC1=O)NC(=O)c1cc2cc(CC)ccc2[nH]1. The number of hydrogen-bond acceptors (Lipinski definition) is 4. The van der Waals surface area contributed by atoms with Crippen LogP contribution in [0.2, 0.25) is 0 Å². The highest BCUT2D eigenvalue weighted by atomic mass is 16.5. The van der Waals surface area contributed by atoms with Crippen molar-refractivity contribution in [3.8, 4) is 0 Å². The average Bonchev–Trinajstić information content (AvgIpc) is 3.31. The van der Waals surface area contributed by atoms with E-state index >= 15 is 0 Å². The van der Waals surface area contributed by atoms with Crippen LogP contribution in [0.1, 0.15) is 42.7 Å². The number of rotatable bonds is 8. The van der Waals surface area contributed by atoms with Gasteiger partial charge in [-0.1, -0.05) is 19.1 Å². The summed E-state index contributed by atoms with van der Waals surface area (Å²) in [6.07, 6.45) is 4.96. The highest BCUT2D eigenvalue weighted by Gasteiger charge is 2.27. The molecule has 0 unspecified atom stereocenters. The number of H-pyrrole nitrogens is 1. The number of benzene rings is 1. The van der Waals surface area contributed by atoms with E-state index in [0.717, 1.165) is 17.3 Å². The molecule has 3 rings (SSSR count). The first-order chi connectivity index (χ1) is 14.0. The number of hydrogen-bond donors (Lipinski definition) is 3. The van der Waals surface area contributed by atoms with Crippen molar-refractivity contribution in [1.82, 2.24) is 15.6 Å². The molecule has 1 aliphatic rings. The summed E-state index contributed by atoms with van der Waals surface area (Å²) in [5, 5.41) is 6.70. The zero-order valence-electron chi connectivity index (χ0n) is 16.8. The third-order valence-corrected chi connectivity index (χ3v) is 5.11. The molecular formula is C22H27N3O4. The topological polar surface area (TPSA) is 100 Å². The van der Waals surface area contributed by atoms with Crippen LogP contribution in [-0.4, -0.2) is 42.0 Å². The normalized spacial score (nSPS) is 17.4. The molecule has 1 aromatic carbocycles. The van der Waals surface area contributed by atoms with E-state index in [1.807, 2.05) is 18.2 Å². The molecule has 154 valence electrons. The number of aromatic nitrogens is 1. The summed E-state index contributed by atoms with van der Waals surface area (Å²) in [7, 11) is 0. The first kappa shape index (κ1) is 20.6. The lowest BCUT2D eigenvalue weighted by atomic mass is 9.98. The Kier molecular flexibility index (Phi) is 6.69. The molecule has 7 heteroatoms. The number of aryl methyl sites for hydroxylation is 1. The second-order valence-corrected chi connectivity index (χ2v) is 7.16. The van der Waals surface area contributed by atoms with Crippen molar-refractivity contribution in [3.05, 3.63) is 47.7 Å². The van der Waals surface area contributed by atoms with Crippen LogP contribution >= 0.6 is 0 Å². The van der Waals surface area contributed by atoms with Crippen LogP contribution in [0.25, 0.3) is 10.9 Å². The summed E-state index contributed by atoms with van der Waals surface area (Å²) in [5.41, 5.74) is 2.53. The minimum absolute atomic E-state index is 0.0218. The quantitative estimate of drug-likeness (QED) is 0.471. The maximum absolute atomic E-state index is 12.8. The number of nitrogens with one attached hydrogen (secondary N) is 3. The van der Waals surface area contributed by atoms with Gasteiger partial charge in [0, 0.05) is 35.5 Å². The van der Waals surface area contributed by atoms with Gasteiger partial charge in [-0.3, -0.25) is 9.59 Å². The molecule has 3 N–H and O–H groups in total. The molecule has 7 nitrogen and oxygen atoms in total. The average molecular weight is 397 g/mol. The maximum Gasteiger partial charge on any atom is 0.330 e. The largest absolute Gasteiger partial charge is 0.463 e. The zero-order valence-corrected chi connectivity index (χ0v) is 16.8. The van der Waals surface area contributed by atoms with Crippen LogP contribution in [0, 0.1) is 5.92 Å². The molecule has 1 saturated heterocycles. The molecule has 0 aliphatic carbocycles. The molecular weight excluding hydrogens is 370 g/mol. The van der Waals surface area contributed by atoms with Gasteiger partial charge in [0.05, 0.1) is 6.61 Å². The summed E-state index contributed by atoms with van der Waals surface area (Å²) in [6.45, 7) is 4.72. The second-order valence-electron chi connectivity index (χ2n) is 7.16. The zero-order chi connectivity index (χ0) is 20.8. The molecule has 2 amide bonds. The fraction of sp³-hybridized carbons (Fsp3) is 0.409. The van der Waals surface area contributed by atoms with Crippen molar-refractivity contribution in [3.63, 3.8) is 0 Å². The van der Waals surface area contributed by atoms with Crippen molar-refractivity contribution in [2.75, 3.05) is 13.2 Å². The van der Waals surface area contributed by atoms with E-state index in [9.17, 15) is 14.4 Å². The number of esters is 1. The number of aromatic amines is 1. The molecule has 2 heterocycles. The monoisotopic (exact) mass is 397 g/mol. The van der Waals surface area contributed by atoms with E-state index in [4.69, 9.17) is 4.74 Å². The van der Waals surface area contributed by atoms with Gasteiger partial charge in [-0.25, -0.2) is 4.79 Å². The Hall–Kier alpha value is -3.09. The van der Waals surface area contributed by atoms with E-state index < -0.39 is 12.0 Å². The fourth-order valence-electron chi connectivity index (χ4n) is 3.52. The third kappa shape index (κ3) is 5.25. The summed E-state index contributed by atoms with van der Waals surface area (Å²) in [5.74, 6) is -0.968. The third-order valence-electron chi connectivity index (χ3n) is 5.11. The number of carbonyl (C=O) groups excluding carboxylic acids is 3. The van der Waals surface area contributed by atoms with Crippen molar-refractivity contribution in [2.24, 2.45) is 5.92 Å². The van der Waals surface area contributed by atoms with E-state index in [1.165, 1.54) is 11.6 Å². The van der Waals surface area contributed by atoms with Crippen LogP contribution in [0.5, 0.6) is 0 Å². The lowest BCUT2D eigenvalue weighted by Crippen LogP contribution is -2.36. The van der Waals surface area contributed by atoms with Crippen molar-refractivity contribution in [1.29, 1.82) is 0 Å². The van der Waals surface area contributed by atoms with Crippen molar-refractivity contribution < 1.29 is 19.1 Å². The van der Waals surface area contributed by atoms with Gasteiger partial charge in [0.2, 0.25) is 5.91 Å². The molecule has 29 heavy (non-hydrogen) atoms. The van der Waals surface area contributed by atoms with Crippen molar-refractivity contribution >= 4 is 28.7 Å². The molecule has 1 aromatic heterocycles. The second kappa shape index (κ2) is 9.41. The molecule has 2 atom stereocenters. The number of fused-ring (bicyclic) bond motifs is 1. The molecule has 0 bridgehead atoms. The summed E-state index contributed by atoms with van der Waals surface area (Å²) in [4.78, 5) is 39.6. The molecule has 0 spiro atoms. The van der Waals surface area contributed by atoms with E-state index in [0.29, 0.717) is 25.1 Å². The van der Waals surface area contributed by atoms with Crippen LogP contribution in [0.3, 0.4) is 0 Å². The van der Waals surface area contributed by atoms with E-state index in [2.05, 4.69) is 28.6 Å². The van der Waals surface area contributed by atoms with Gasteiger partial charge >= 0.3 is 5.97 Å². The van der Waals surface area contributed by atoms with Gasteiger partial charge < -0.3 is 20.4 Å². The molecule has 1 aliphatic heterocycles. The van der Waals surface area contributed by atoms with Gasteiger partial charge in [0.1, 0.15) is 5.69 Å². The summed E-state index contributed by atoms with van der Waals surface area (Å²) in [6, 6.07) is 7.41. The minimum atomic E-state index is -0.472. The maximum atomic E-state index is 12.8. The van der Waals surface area contributed by atoms with E-state index in [-0.39, 0.29) is 24.3 Å². The van der Waals surface area contributed by atoms with Gasteiger partial charge in [0.15, 0.2) is 0 Å². The van der Waals surface area contributed by atoms with Crippen LogP contribution in [-0.2, 0) is 20.7 Å². The smallest absolute Gasteiger partial charge is 0.330 e. The van der Waals surface area contributed by atoms with Crippen LogP contribution in [0.15, 0.2) is 36.4 Å². The highest BCUT2D eigenvalue weighted by molar-refractivity contribution is 5.98. The summed E-state index contributed by atoms with van der Waals surface area (Å²) < 4.78 is 4.91. The molecule has 2 aromatic rings. The lowest BCUT2D eigenvalue weighted by Gasteiger charge is -2.17. The highest BCUT2D eigenvalue weighted by Crippen LogP contribution is 2.20. The number of carbonyl (C=O) groups is 3. The van der Waals surface area contributed by atoms with Gasteiger partial charge in [0.25, 0.3) is 5.91 Å². The Morgan fingerprint density at radius 1 is 1.31 bits per heavy atom. The van der Waals surface area contributed by atoms with Gasteiger partial charge in [-0.15, -0.1) is 0 Å². The molecule has 1 fully saturated rings. The Bertz CT molecular complexity index is 931.